The lowest BCUT2D eigenvalue weighted by Gasteiger charge is -2.34. The van der Waals surface area contributed by atoms with E-state index in [0.29, 0.717) is 12.8 Å². The second-order valence-corrected chi connectivity index (χ2v) is 11.1. The average molecular weight is 523 g/mol. The Morgan fingerprint density at radius 2 is 1.71 bits per heavy atom. The first-order chi connectivity index (χ1) is 17.9. The van der Waals surface area contributed by atoms with E-state index in [1.165, 1.54) is 0 Å². The van der Waals surface area contributed by atoms with Crippen molar-refractivity contribution in [3.8, 4) is 0 Å². The molecular weight excluding hydrogens is 472 g/mol. The van der Waals surface area contributed by atoms with E-state index in [1.54, 1.807) is 12.3 Å². The Kier molecular flexibility index (Phi) is 14.8. The Morgan fingerprint density at radius 1 is 1.03 bits per heavy atom. The van der Waals surface area contributed by atoms with Gasteiger partial charge in [0.25, 0.3) is 0 Å². The predicted molar refractivity (Wildman–Crippen MR) is 159 cm³/mol. The summed E-state index contributed by atoms with van der Waals surface area (Å²) in [6.45, 7) is 20.0. The zero-order valence-electron chi connectivity index (χ0n) is 24.3. The van der Waals surface area contributed by atoms with Crippen molar-refractivity contribution in [2.24, 2.45) is 41.2 Å². The molecule has 1 rings (SSSR count). The number of aliphatic hydroxyl groups excluding tert-OH is 2. The topological polar surface area (TPSA) is 96.4 Å². The van der Waals surface area contributed by atoms with E-state index >= 15 is 0 Å². The third kappa shape index (κ3) is 11.7. The summed E-state index contributed by atoms with van der Waals surface area (Å²) in [6, 6.07) is 5.83. The van der Waals surface area contributed by atoms with Crippen LogP contribution in [0.25, 0.3) is 0 Å². The standard InChI is InChI=1S/C33H50N2O3/c1-9-10-13-24(4)30(21-31(34)36)28(8)33(38)27(7)19-23(3)18-26(6)32(37)25(5)16-15-22(2)20-29-14-11-12-17-35-29/h9-18,24-28,30,32-33,37-38H,1-2,19-21H2,3-8H3,(H2,34,36)/b13-10-,16-15-,23-18-. The normalized spacial score (nSPS) is 18.9. The van der Waals surface area contributed by atoms with Crippen molar-refractivity contribution in [3.05, 3.63) is 90.9 Å². The number of primary amides is 1. The van der Waals surface area contributed by atoms with Gasteiger partial charge in [-0.05, 0) is 54.7 Å². The summed E-state index contributed by atoms with van der Waals surface area (Å²) in [5.41, 5.74) is 8.56. The molecule has 1 amide bonds. The van der Waals surface area contributed by atoms with E-state index in [1.807, 2.05) is 84.0 Å². The molecular formula is C33H50N2O3. The van der Waals surface area contributed by atoms with Crippen LogP contribution in [0, 0.1) is 35.5 Å². The van der Waals surface area contributed by atoms with Gasteiger partial charge in [-0.3, -0.25) is 9.78 Å². The minimum Gasteiger partial charge on any atom is -0.393 e. The lowest BCUT2D eigenvalue weighted by molar-refractivity contribution is -0.120. The van der Waals surface area contributed by atoms with Crippen LogP contribution in [-0.2, 0) is 11.2 Å². The molecule has 0 saturated carbocycles. The molecule has 0 aromatic carbocycles. The molecule has 0 radical (unpaired) electrons. The number of rotatable bonds is 17. The first kappa shape index (κ1) is 33.3. The van der Waals surface area contributed by atoms with Gasteiger partial charge >= 0.3 is 0 Å². The van der Waals surface area contributed by atoms with Crippen LogP contribution in [0.4, 0.5) is 0 Å². The molecule has 0 bridgehead atoms. The van der Waals surface area contributed by atoms with E-state index in [4.69, 9.17) is 5.73 Å². The summed E-state index contributed by atoms with van der Waals surface area (Å²) in [5, 5.41) is 22.1. The minimum atomic E-state index is -0.588. The van der Waals surface area contributed by atoms with Crippen LogP contribution in [0.2, 0.25) is 0 Å². The van der Waals surface area contributed by atoms with Gasteiger partial charge in [0, 0.05) is 36.6 Å². The monoisotopic (exact) mass is 522 g/mol. The minimum absolute atomic E-state index is 0.0104. The second-order valence-electron chi connectivity index (χ2n) is 11.1. The number of hydrogen-bond acceptors (Lipinski definition) is 4. The molecule has 0 aliphatic heterocycles. The van der Waals surface area contributed by atoms with Gasteiger partial charge in [0.15, 0.2) is 0 Å². The molecule has 1 aromatic heterocycles. The van der Waals surface area contributed by atoms with Gasteiger partial charge in [0.2, 0.25) is 5.91 Å². The number of hydrogen-bond donors (Lipinski definition) is 3. The van der Waals surface area contributed by atoms with Crippen LogP contribution in [0.1, 0.15) is 60.1 Å². The summed E-state index contributed by atoms with van der Waals surface area (Å²) in [7, 11) is 0. The Morgan fingerprint density at radius 3 is 2.29 bits per heavy atom. The Bertz CT molecular complexity index is 966. The number of nitrogens with zero attached hydrogens (tertiary/aromatic N) is 1. The van der Waals surface area contributed by atoms with Crippen LogP contribution >= 0.6 is 0 Å². The fourth-order valence-electron chi connectivity index (χ4n) is 5.17. The molecule has 38 heavy (non-hydrogen) atoms. The van der Waals surface area contributed by atoms with Crippen molar-refractivity contribution in [2.75, 3.05) is 0 Å². The van der Waals surface area contributed by atoms with Gasteiger partial charge in [-0.25, -0.2) is 0 Å². The van der Waals surface area contributed by atoms with Gasteiger partial charge in [-0.15, -0.1) is 0 Å². The number of nitrogens with two attached hydrogens (primary N) is 1. The summed E-state index contributed by atoms with van der Waals surface area (Å²) >= 11 is 0. The molecule has 0 saturated heterocycles. The van der Waals surface area contributed by atoms with E-state index in [-0.39, 0.29) is 47.8 Å². The van der Waals surface area contributed by atoms with Gasteiger partial charge < -0.3 is 15.9 Å². The predicted octanol–water partition coefficient (Wildman–Crippen LogP) is 6.21. The fourth-order valence-corrected chi connectivity index (χ4v) is 5.17. The Balaban J connectivity index is 2.75. The zero-order valence-corrected chi connectivity index (χ0v) is 24.3. The van der Waals surface area contributed by atoms with E-state index < -0.39 is 12.2 Å². The Hall–Kier alpha value is -2.76. The summed E-state index contributed by atoms with van der Waals surface area (Å²) in [4.78, 5) is 16.1. The van der Waals surface area contributed by atoms with Crippen molar-refractivity contribution in [2.45, 2.75) is 73.0 Å². The molecule has 8 unspecified atom stereocenters. The van der Waals surface area contributed by atoms with E-state index in [0.717, 1.165) is 16.8 Å². The molecule has 0 fully saturated rings. The highest BCUT2D eigenvalue weighted by Gasteiger charge is 2.32. The van der Waals surface area contributed by atoms with Crippen LogP contribution in [0.3, 0.4) is 0 Å². The molecule has 8 atom stereocenters. The summed E-state index contributed by atoms with van der Waals surface area (Å²) in [5.74, 6) is -0.553. The lowest BCUT2D eigenvalue weighted by Crippen LogP contribution is -2.36. The molecule has 1 aromatic rings. The molecule has 0 aliphatic rings. The molecule has 210 valence electrons. The highest BCUT2D eigenvalue weighted by molar-refractivity contribution is 5.74. The van der Waals surface area contributed by atoms with E-state index in [9.17, 15) is 15.0 Å². The third-order valence-corrected chi connectivity index (χ3v) is 7.50. The summed E-state index contributed by atoms with van der Waals surface area (Å²) < 4.78 is 0. The highest BCUT2D eigenvalue weighted by atomic mass is 16.3. The summed E-state index contributed by atoms with van der Waals surface area (Å²) in [6.07, 6.45) is 13.9. The van der Waals surface area contributed by atoms with Crippen LogP contribution in [0.5, 0.6) is 0 Å². The lowest BCUT2D eigenvalue weighted by atomic mass is 9.74. The molecule has 4 N–H and O–H groups in total. The third-order valence-electron chi connectivity index (χ3n) is 7.50. The first-order valence-electron chi connectivity index (χ1n) is 13.7. The smallest absolute Gasteiger partial charge is 0.217 e. The van der Waals surface area contributed by atoms with Gasteiger partial charge in [0.1, 0.15) is 0 Å². The Labute approximate surface area is 231 Å². The van der Waals surface area contributed by atoms with Crippen molar-refractivity contribution in [1.82, 2.24) is 4.98 Å². The second kappa shape index (κ2) is 17.0. The van der Waals surface area contributed by atoms with Crippen LogP contribution < -0.4 is 5.73 Å². The maximum Gasteiger partial charge on any atom is 0.217 e. The maximum absolute atomic E-state index is 11.7. The van der Waals surface area contributed by atoms with Crippen LogP contribution in [0.15, 0.2) is 85.2 Å². The molecule has 5 nitrogen and oxygen atoms in total. The van der Waals surface area contributed by atoms with Gasteiger partial charge in [-0.1, -0.05) is 95.9 Å². The maximum atomic E-state index is 11.7. The zero-order chi connectivity index (χ0) is 28.8. The highest BCUT2D eigenvalue weighted by Crippen LogP contribution is 2.33. The van der Waals surface area contributed by atoms with Crippen LogP contribution in [-0.4, -0.2) is 33.3 Å². The molecule has 1 heterocycles. The van der Waals surface area contributed by atoms with Crippen molar-refractivity contribution < 1.29 is 15.0 Å². The molecule has 0 spiro atoms. The van der Waals surface area contributed by atoms with E-state index in [2.05, 4.69) is 24.2 Å². The quantitative estimate of drug-likeness (QED) is 0.167. The molecule has 0 aliphatic carbocycles. The number of amides is 1. The van der Waals surface area contributed by atoms with Gasteiger partial charge in [-0.2, -0.15) is 0 Å². The largest absolute Gasteiger partial charge is 0.393 e. The number of carbonyl (C=O) groups is 1. The van der Waals surface area contributed by atoms with Crippen molar-refractivity contribution in [3.63, 3.8) is 0 Å². The number of carbonyl (C=O) groups excluding carboxylic acids is 1. The number of aliphatic hydroxyl groups is 2. The fraction of sp³-hybridized carbons (Fsp3) is 0.515. The number of allylic oxidation sites excluding steroid dienone is 6. The molecule has 5 heteroatoms. The number of aromatic nitrogens is 1. The van der Waals surface area contributed by atoms with Crippen molar-refractivity contribution >= 4 is 5.91 Å². The van der Waals surface area contributed by atoms with Crippen molar-refractivity contribution in [1.29, 1.82) is 0 Å². The average Bonchev–Trinajstić information content (AvgIpc) is 2.87. The number of pyridine rings is 1. The first-order valence-corrected chi connectivity index (χ1v) is 13.7. The SMILES string of the molecule is C=C/C=C\C(C)C(CC(N)=O)C(C)C(O)C(C)C/C(C)=C\C(C)C(O)C(C)/C=C\C(=C)Cc1ccccn1. The van der Waals surface area contributed by atoms with Gasteiger partial charge in [0.05, 0.1) is 12.2 Å².